The number of hydrogen-bond acceptors (Lipinski definition) is 3. The van der Waals surface area contributed by atoms with E-state index in [9.17, 15) is 4.79 Å². The molecule has 1 aliphatic rings. The summed E-state index contributed by atoms with van der Waals surface area (Å²) in [5.41, 5.74) is 5.12. The Bertz CT molecular complexity index is 1080. The maximum Gasteiger partial charge on any atom is 0.258 e. The van der Waals surface area contributed by atoms with Gasteiger partial charge < -0.3 is 9.32 Å². The summed E-state index contributed by atoms with van der Waals surface area (Å²) >= 11 is 0. The number of fused-ring (bicyclic) bond motifs is 2. The van der Waals surface area contributed by atoms with E-state index in [-0.39, 0.29) is 5.91 Å². The van der Waals surface area contributed by atoms with Gasteiger partial charge >= 0.3 is 0 Å². The van der Waals surface area contributed by atoms with Crippen LogP contribution in [-0.2, 0) is 6.54 Å². The van der Waals surface area contributed by atoms with E-state index in [2.05, 4.69) is 4.98 Å². The molecule has 0 spiro atoms. The highest BCUT2D eigenvalue weighted by Crippen LogP contribution is 2.31. The molecule has 1 aliphatic heterocycles. The maximum atomic E-state index is 12.7. The minimum Gasteiger partial charge on any atom is -0.436 e. The van der Waals surface area contributed by atoms with Crippen LogP contribution in [0.2, 0.25) is 0 Å². The fourth-order valence-electron chi connectivity index (χ4n) is 3.27. The molecule has 0 saturated heterocycles. The lowest BCUT2D eigenvalue weighted by Crippen LogP contribution is -2.22. The number of nitrogens with zero attached hydrogens (tertiary/aromatic N) is 2. The first kappa shape index (κ1) is 14.0. The molecule has 0 aliphatic carbocycles. The van der Waals surface area contributed by atoms with Gasteiger partial charge in [0.05, 0.1) is 6.54 Å². The summed E-state index contributed by atoms with van der Waals surface area (Å²) in [5, 5.41) is 0. The molecule has 0 N–H and O–H groups in total. The first-order chi connectivity index (χ1) is 12.3. The van der Waals surface area contributed by atoms with Gasteiger partial charge in [-0.25, -0.2) is 4.98 Å². The van der Waals surface area contributed by atoms with Crippen LogP contribution >= 0.6 is 0 Å². The van der Waals surface area contributed by atoms with Crippen molar-refractivity contribution in [2.75, 3.05) is 4.90 Å². The van der Waals surface area contributed by atoms with Gasteiger partial charge in [-0.05, 0) is 42.0 Å². The van der Waals surface area contributed by atoms with Crippen LogP contribution in [0.25, 0.3) is 22.6 Å². The molecule has 4 heteroatoms. The van der Waals surface area contributed by atoms with Crippen molar-refractivity contribution in [2.45, 2.75) is 6.54 Å². The highest BCUT2D eigenvalue weighted by atomic mass is 16.3. The van der Waals surface area contributed by atoms with E-state index in [1.165, 1.54) is 0 Å². The first-order valence-electron chi connectivity index (χ1n) is 8.15. The Hall–Kier alpha value is -3.40. The molecule has 1 amide bonds. The molecule has 1 aromatic heterocycles. The zero-order valence-electron chi connectivity index (χ0n) is 13.3. The van der Waals surface area contributed by atoms with Gasteiger partial charge in [0.25, 0.3) is 5.91 Å². The van der Waals surface area contributed by atoms with Crippen LogP contribution in [0.15, 0.2) is 77.2 Å². The fraction of sp³-hybridized carbons (Fsp3) is 0.0476. The van der Waals surface area contributed by atoms with E-state index in [0.29, 0.717) is 12.4 Å². The Morgan fingerprint density at radius 1 is 0.920 bits per heavy atom. The minimum absolute atomic E-state index is 0.0327. The number of aromatic nitrogens is 1. The number of para-hydroxylation sites is 2. The molecular weight excluding hydrogens is 312 g/mol. The molecular formula is C21H14N2O2. The van der Waals surface area contributed by atoms with Gasteiger partial charge in [-0.1, -0.05) is 36.4 Å². The Balaban J connectivity index is 1.55. The van der Waals surface area contributed by atoms with Crippen molar-refractivity contribution in [3.8, 4) is 11.5 Å². The average Bonchev–Trinajstić information content (AvgIpc) is 3.24. The number of amides is 1. The van der Waals surface area contributed by atoms with Gasteiger partial charge in [0, 0.05) is 16.8 Å². The minimum atomic E-state index is 0.0327. The molecule has 3 aromatic carbocycles. The monoisotopic (exact) mass is 326 g/mol. The molecule has 0 unspecified atom stereocenters. The predicted molar refractivity (Wildman–Crippen MR) is 96.4 cm³/mol. The van der Waals surface area contributed by atoms with Crippen molar-refractivity contribution in [2.24, 2.45) is 0 Å². The topological polar surface area (TPSA) is 46.3 Å². The highest BCUT2D eigenvalue weighted by molar-refractivity contribution is 6.10. The lowest BCUT2D eigenvalue weighted by atomic mass is 10.1. The van der Waals surface area contributed by atoms with Gasteiger partial charge in [-0.3, -0.25) is 4.79 Å². The van der Waals surface area contributed by atoms with Crippen LogP contribution in [-0.4, -0.2) is 10.9 Å². The van der Waals surface area contributed by atoms with Gasteiger partial charge in [0.2, 0.25) is 5.89 Å². The van der Waals surface area contributed by atoms with Crippen LogP contribution in [0.4, 0.5) is 5.69 Å². The summed E-state index contributed by atoms with van der Waals surface area (Å²) in [6, 6.07) is 23.2. The molecule has 0 saturated carbocycles. The Morgan fingerprint density at radius 3 is 2.64 bits per heavy atom. The normalized spacial score (nSPS) is 13.4. The Labute approximate surface area is 144 Å². The third-order valence-corrected chi connectivity index (χ3v) is 4.52. The van der Waals surface area contributed by atoms with E-state index in [1.54, 1.807) is 4.90 Å². The lowest BCUT2D eigenvalue weighted by molar-refractivity contribution is 0.0996. The van der Waals surface area contributed by atoms with Crippen LogP contribution < -0.4 is 4.90 Å². The molecule has 120 valence electrons. The SMILES string of the molecule is O=C1c2ccccc2CN1c1cccc(-c2nc3ccccc3o2)c1. The quantitative estimate of drug-likeness (QED) is 0.538. The van der Waals surface area contributed by atoms with Crippen molar-refractivity contribution in [1.82, 2.24) is 4.98 Å². The molecule has 0 atom stereocenters. The number of benzene rings is 3. The van der Waals surface area contributed by atoms with E-state index in [1.807, 2.05) is 72.8 Å². The van der Waals surface area contributed by atoms with Crippen molar-refractivity contribution in [3.63, 3.8) is 0 Å². The fourth-order valence-corrected chi connectivity index (χ4v) is 3.27. The van der Waals surface area contributed by atoms with Crippen molar-refractivity contribution < 1.29 is 9.21 Å². The summed E-state index contributed by atoms with van der Waals surface area (Å²) in [4.78, 5) is 19.0. The molecule has 25 heavy (non-hydrogen) atoms. The van der Waals surface area contributed by atoms with E-state index < -0.39 is 0 Å². The standard InChI is InChI=1S/C21H14N2O2/c24-21-17-9-2-1-6-15(17)13-23(21)16-8-5-7-14(12-16)20-22-18-10-3-4-11-19(18)25-20/h1-12H,13H2. The third-order valence-electron chi connectivity index (χ3n) is 4.52. The molecule has 0 radical (unpaired) electrons. The van der Waals surface area contributed by atoms with E-state index in [0.717, 1.165) is 33.5 Å². The van der Waals surface area contributed by atoms with Gasteiger partial charge in [0.1, 0.15) is 5.52 Å². The molecule has 0 fully saturated rings. The number of carbonyl (C=O) groups excluding carboxylic acids is 1. The highest BCUT2D eigenvalue weighted by Gasteiger charge is 2.28. The largest absolute Gasteiger partial charge is 0.436 e. The number of hydrogen-bond donors (Lipinski definition) is 0. The van der Waals surface area contributed by atoms with Crippen LogP contribution in [0, 0.1) is 0 Å². The second-order valence-corrected chi connectivity index (χ2v) is 6.09. The van der Waals surface area contributed by atoms with Gasteiger partial charge in [-0.2, -0.15) is 0 Å². The summed E-state index contributed by atoms with van der Waals surface area (Å²) < 4.78 is 5.85. The second-order valence-electron chi connectivity index (χ2n) is 6.09. The summed E-state index contributed by atoms with van der Waals surface area (Å²) in [6.45, 7) is 0.589. The molecule has 0 bridgehead atoms. The number of carbonyl (C=O) groups is 1. The zero-order chi connectivity index (χ0) is 16.8. The van der Waals surface area contributed by atoms with E-state index in [4.69, 9.17) is 4.42 Å². The molecule has 4 nitrogen and oxygen atoms in total. The summed E-state index contributed by atoms with van der Waals surface area (Å²) in [7, 11) is 0. The molecule has 2 heterocycles. The Kier molecular flexibility index (Phi) is 2.97. The van der Waals surface area contributed by atoms with Crippen molar-refractivity contribution in [3.05, 3.63) is 83.9 Å². The first-order valence-corrected chi connectivity index (χ1v) is 8.15. The number of oxazole rings is 1. The van der Waals surface area contributed by atoms with Crippen LogP contribution in [0.5, 0.6) is 0 Å². The van der Waals surface area contributed by atoms with Crippen molar-refractivity contribution >= 4 is 22.7 Å². The van der Waals surface area contributed by atoms with Crippen molar-refractivity contribution in [1.29, 1.82) is 0 Å². The number of anilines is 1. The maximum absolute atomic E-state index is 12.7. The zero-order valence-corrected chi connectivity index (χ0v) is 13.3. The van der Waals surface area contributed by atoms with Crippen LogP contribution in [0.1, 0.15) is 15.9 Å². The number of rotatable bonds is 2. The Morgan fingerprint density at radius 2 is 1.76 bits per heavy atom. The molecule has 5 rings (SSSR count). The van der Waals surface area contributed by atoms with E-state index >= 15 is 0 Å². The predicted octanol–water partition coefficient (Wildman–Crippen LogP) is 4.66. The van der Waals surface area contributed by atoms with Crippen LogP contribution in [0.3, 0.4) is 0 Å². The smallest absolute Gasteiger partial charge is 0.258 e. The van der Waals surface area contributed by atoms with Gasteiger partial charge in [0.15, 0.2) is 5.58 Å². The second kappa shape index (κ2) is 5.31. The lowest BCUT2D eigenvalue weighted by Gasteiger charge is -2.16. The summed E-state index contributed by atoms with van der Waals surface area (Å²) in [5.74, 6) is 0.595. The van der Waals surface area contributed by atoms with Gasteiger partial charge in [-0.15, -0.1) is 0 Å². The third kappa shape index (κ3) is 2.22. The summed E-state index contributed by atoms with van der Waals surface area (Å²) in [6.07, 6.45) is 0. The molecule has 4 aromatic rings. The average molecular weight is 326 g/mol.